The van der Waals surface area contributed by atoms with Gasteiger partial charge >= 0.3 is 6.08 Å². The maximum atomic E-state index is 14.2. The van der Waals surface area contributed by atoms with Crippen LogP contribution in [0.25, 0.3) is 22.4 Å². The fourth-order valence-electron chi connectivity index (χ4n) is 4.38. The van der Waals surface area contributed by atoms with Crippen LogP contribution in [0.4, 0.5) is 10.2 Å². The molecule has 0 bridgehead atoms. The number of hydrogen-bond donors (Lipinski definition) is 1. The van der Waals surface area contributed by atoms with E-state index in [0.717, 1.165) is 6.42 Å². The van der Waals surface area contributed by atoms with Gasteiger partial charge in [0.25, 0.3) is 5.56 Å². The number of rotatable bonds is 3. The number of para-hydroxylation sites is 1. The van der Waals surface area contributed by atoms with Gasteiger partial charge in [0, 0.05) is 12.7 Å². The molecule has 1 aliphatic rings. The molecular weight excluding hydrogens is 467 g/mol. The highest BCUT2D eigenvalue weighted by Crippen LogP contribution is 2.37. The smallest absolute Gasteiger partial charge is 0.312 e. The largest absolute Gasteiger partial charge is 0.344 e. The molecule has 6 rings (SSSR count). The SMILES string of the molecule is O=c1c2c(Cl)ccn2nc([C@@H]2CCCN2c2nc(F)nc3nc[nH]c23)n1-c1ccccc1.S. The van der Waals surface area contributed by atoms with E-state index in [-0.39, 0.29) is 30.7 Å². The Balaban J connectivity index is 0.00000228. The zero-order valence-corrected chi connectivity index (χ0v) is 18.9. The van der Waals surface area contributed by atoms with Gasteiger partial charge in [-0.2, -0.15) is 33.0 Å². The van der Waals surface area contributed by atoms with Crippen LogP contribution in [0.5, 0.6) is 0 Å². The highest BCUT2D eigenvalue weighted by molar-refractivity contribution is 7.59. The molecule has 0 unspecified atom stereocenters. The lowest BCUT2D eigenvalue weighted by atomic mass is 10.2. The average Bonchev–Trinajstić information content (AvgIpc) is 3.53. The number of aromatic amines is 1. The summed E-state index contributed by atoms with van der Waals surface area (Å²) in [4.78, 5) is 30.4. The van der Waals surface area contributed by atoms with E-state index in [4.69, 9.17) is 16.7 Å². The van der Waals surface area contributed by atoms with E-state index in [1.54, 1.807) is 16.8 Å². The molecule has 12 heteroatoms. The predicted molar refractivity (Wildman–Crippen MR) is 127 cm³/mol. The summed E-state index contributed by atoms with van der Waals surface area (Å²) in [5.74, 6) is 0.914. The van der Waals surface area contributed by atoms with E-state index in [0.29, 0.717) is 46.4 Å². The standard InChI is InChI=1S/C21H16ClFN8O.H2S/c22-13-8-10-30-16(13)20(32)31(12-5-2-1-3-6-12)18(28-30)14-7-4-9-29(14)19-15-17(25-11-24-15)26-21(23)27-19;/h1-3,5-6,8,10-11,14H,4,7,9H2,(H,24,25,26,27);1H2/t14-;/m0./s1. The molecule has 1 aliphatic heterocycles. The van der Waals surface area contributed by atoms with Crippen molar-refractivity contribution >= 4 is 47.6 Å². The third-order valence-electron chi connectivity index (χ3n) is 5.74. The lowest BCUT2D eigenvalue weighted by molar-refractivity contribution is 0.537. The van der Waals surface area contributed by atoms with Crippen molar-refractivity contribution in [2.24, 2.45) is 0 Å². The summed E-state index contributed by atoms with van der Waals surface area (Å²) in [6, 6.07) is 10.6. The number of aromatic nitrogens is 7. The molecule has 168 valence electrons. The summed E-state index contributed by atoms with van der Waals surface area (Å²) < 4.78 is 17.3. The first kappa shape index (κ1) is 21.4. The molecule has 1 N–H and O–H groups in total. The third-order valence-corrected chi connectivity index (χ3v) is 6.04. The molecule has 1 aromatic carbocycles. The van der Waals surface area contributed by atoms with Crippen LogP contribution >= 0.6 is 25.1 Å². The van der Waals surface area contributed by atoms with E-state index in [1.165, 1.54) is 10.8 Å². The quantitative estimate of drug-likeness (QED) is 0.394. The Labute approximate surface area is 198 Å². The summed E-state index contributed by atoms with van der Waals surface area (Å²) in [6.07, 6.45) is 3.79. The van der Waals surface area contributed by atoms with Gasteiger partial charge in [0.2, 0.25) is 0 Å². The minimum atomic E-state index is -0.855. The van der Waals surface area contributed by atoms with Crippen LogP contribution < -0.4 is 10.5 Å². The first-order chi connectivity index (χ1) is 15.6. The summed E-state index contributed by atoms with van der Waals surface area (Å²) in [6.45, 7) is 0.615. The molecule has 0 amide bonds. The van der Waals surface area contributed by atoms with Crippen LogP contribution in [0.3, 0.4) is 0 Å². The molecule has 5 aromatic rings. The van der Waals surface area contributed by atoms with Gasteiger partial charge < -0.3 is 9.88 Å². The second-order valence-electron chi connectivity index (χ2n) is 7.56. The number of fused-ring (bicyclic) bond motifs is 2. The number of hydrogen-bond acceptors (Lipinski definition) is 6. The molecule has 0 saturated carbocycles. The molecule has 33 heavy (non-hydrogen) atoms. The van der Waals surface area contributed by atoms with Gasteiger partial charge in [0.15, 0.2) is 17.3 Å². The molecular formula is C21H18ClFN8OS. The van der Waals surface area contributed by atoms with Crippen LogP contribution in [0, 0.1) is 6.08 Å². The fourth-order valence-corrected chi connectivity index (χ4v) is 4.60. The lowest BCUT2D eigenvalue weighted by Gasteiger charge is -2.27. The first-order valence-electron chi connectivity index (χ1n) is 10.1. The summed E-state index contributed by atoms with van der Waals surface area (Å²) in [5.41, 5.74) is 1.49. The van der Waals surface area contributed by atoms with Crippen LogP contribution in [0.1, 0.15) is 24.7 Å². The number of halogens is 2. The van der Waals surface area contributed by atoms with Crippen molar-refractivity contribution in [2.45, 2.75) is 18.9 Å². The Kier molecular flexibility index (Phi) is 5.29. The van der Waals surface area contributed by atoms with Crippen molar-refractivity contribution in [2.75, 3.05) is 11.4 Å². The number of H-pyrrole nitrogens is 1. The zero-order chi connectivity index (χ0) is 21.8. The van der Waals surface area contributed by atoms with Gasteiger partial charge in [0.05, 0.1) is 23.1 Å². The second-order valence-corrected chi connectivity index (χ2v) is 7.97. The van der Waals surface area contributed by atoms with Crippen molar-refractivity contribution in [1.82, 2.24) is 34.1 Å². The van der Waals surface area contributed by atoms with Gasteiger partial charge in [-0.1, -0.05) is 29.8 Å². The lowest BCUT2D eigenvalue weighted by Crippen LogP contribution is -2.33. The van der Waals surface area contributed by atoms with Gasteiger partial charge in [-0.3, -0.25) is 9.36 Å². The minimum Gasteiger partial charge on any atom is -0.344 e. The van der Waals surface area contributed by atoms with Gasteiger partial charge in [0.1, 0.15) is 11.0 Å². The minimum absolute atomic E-state index is 0. The summed E-state index contributed by atoms with van der Waals surface area (Å²) >= 11 is 6.29. The van der Waals surface area contributed by atoms with E-state index >= 15 is 0 Å². The van der Waals surface area contributed by atoms with Crippen LogP contribution in [-0.4, -0.2) is 40.7 Å². The summed E-state index contributed by atoms with van der Waals surface area (Å²) in [5, 5.41) is 5.10. The summed E-state index contributed by atoms with van der Waals surface area (Å²) in [7, 11) is 0. The van der Waals surface area contributed by atoms with Crippen molar-refractivity contribution in [1.29, 1.82) is 0 Å². The van der Waals surface area contributed by atoms with E-state index in [9.17, 15) is 9.18 Å². The zero-order valence-electron chi connectivity index (χ0n) is 17.1. The predicted octanol–water partition coefficient (Wildman–Crippen LogP) is 3.40. The highest BCUT2D eigenvalue weighted by Gasteiger charge is 2.34. The molecule has 1 fully saturated rings. The van der Waals surface area contributed by atoms with E-state index in [1.807, 2.05) is 35.2 Å². The molecule has 1 atom stereocenters. The van der Waals surface area contributed by atoms with Gasteiger partial charge in [-0.15, -0.1) is 0 Å². The van der Waals surface area contributed by atoms with E-state index in [2.05, 4.69) is 19.9 Å². The average molecular weight is 485 g/mol. The molecule has 0 radical (unpaired) electrons. The van der Waals surface area contributed by atoms with Gasteiger partial charge in [-0.05, 0) is 31.0 Å². The number of anilines is 1. The molecule has 9 nitrogen and oxygen atoms in total. The molecule has 0 aliphatic carbocycles. The van der Waals surface area contributed by atoms with Crippen LogP contribution in [0.2, 0.25) is 5.02 Å². The third kappa shape index (κ3) is 3.35. The van der Waals surface area contributed by atoms with Crippen LogP contribution in [0.15, 0.2) is 53.7 Å². The number of imidazole rings is 1. The number of nitrogens with one attached hydrogen (secondary N) is 1. The molecule has 0 spiro atoms. The van der Waals surface area contributed by atoms with Gasteiger partial charge in [-0.25, -0.2) is 9.50 Å². The number of benzene rings is 1. The monoisotopic (exact) mass is 484 g/mol. The Bertz CT molecular complexity index is 1530. The highest BCUT2D eigenvalue weighted by atomic mass is 35.5. The Hall–Kier alpha value is -3.44. The Morgan fingerprint density at radius 2 is 1.97 bits per heavy atom. The second kappa shape index (κ2) is 8.16. The van der Waals surface area contributed by atoms with Crippen molar-refractivity contribution in [3.8, 4) is 5.69 Å². The molecule has 1 saturated heterocycles. The van der Waals surface area contributed by atoms with E-state index < -0.39 is 6.08 Å². The molecule has 5 heterocycles. The topological polar surface area (TPSA) is 97.0 Å². The molecule has 4 aromatic heterocycles. The van der Waals surface area contributed by atoms with Crippen molar-refractivity contribution in [3.63, 3.8) is 0 Å². The maximum absolute atomic E-state index is 14.2. The normalized spacial score (nSPS) is 15.9. The van der Waals surface area contributed by atoms with Crippen molar-refractivity contribution in [3.05, 3.63) is 76.2 Å². The fraction of sp³-hybridized carbons (Fsp3) is 0.190. The van der Waals surface area contributed by atoms with Crippen LogP contribution in [-0.2, 0) is 0 Å². The Morgan fingerprint density at radius 3 is 2.79 bits per heavy atom. The number of nitrogens with zero attached hydrogens (tertiary/aromatic N) is 7. The Morgan fingerprint density at radius 1 is 1.15 bits per heavy atom. The maximum Gasteiger partial charge on any atom is 0.312 e. The van der Waals surface area contributed by atoms with Crippen molar-refractivity contribution < 1.29 is 4.39 Å². The first-order valence-corrected chi connectivity index (χ1v) is 10.5.